The van der Waals surface area contributed by atoms with E-state index in [1.807, 2.05) is 31.2 Å². The fourth-order valence-corrected chi connectivity index (χ4v) is 3.16. The summed E-state index contributed by atoms with van der Waals surface area (Å²) in [7, 11) is 0. The second kappa shape index (κ2) is 8.83. The molecule has 0 heterocycles. The summed E-state index contributed by atoms with van der Waals surface area (Å²) in [5, 5.41) is 3.40. The Hall–Kier alpha value is -2.94. The zero-order valence-electron chi connectivity index (χ0n) is 16.6. The van der Waals surface area contributed by atoms with Crippen molar-refractivity contribution in [3.8, 4) is 0 Å². The molecule has 1 atom stereocenters. The topological polar surface area (TPSA) is 29.1 Å². The summed E-state index contributed by atoms with van der Waals surface area (Å²) in [6, 6.07) is 22.0. The van der Waals surface area contributed by atoms with Gasteiger partial charge in [0.05, 0.1) is 6.04 Å². The van der Waals surface area contributed by atoms with Crippen LogP contribution in [-0.2, 0) is 0 Å². The monoisotopic (exact) mass is 375 g/mol. The van der Waals surface area contributed by atoms with E-state index >= 15 is 0 Å². The molecule has 0 aliphatic rings. The van der Waals surface area contributed by atoms with E-state index in [9.17, 15) is 9.18 Å². The summed E-state index contributed by atoms with van der Waals surface area (Å²) in [6.07, 6.45) is 0.321. The van der Waals surface area contributed by atoms with E-state index in [2.05, 4.69) is 43.4 Å². The maximum atomic E-state index is 13.2. The smallest absolute Gasteiger partial charge is 0.165 e. The predicted octanol–water partition coefficient (Wildman–Crippen LogP) is 6.68. The molecule has 1 unspecified atom stereocenters. The van der Waals surface area contributed by atoms with E-state index < -0.39 is 0 Å². The second-order valence-corrected chi connectivity index (χ2v) is 7.52. The van der Waals surface area contributed by atoms with Gasteiger partial charge in [0.2, 0.25) is 0 Å². The highest BCUT2D eigenvalue weighted by molar-refractivity contribution is 5.96. The number of hydrogen-bond acceptors (Lipinski definition) is 2. The van der Waals surface area contributed by atoms with E-state index in [0.717, 1.165) is 16.8 Å². The van der Waals surface area contributed by atoms with Crippen LogP contribution < -0.4 is 5.32 Å². The first-order valence-electron chi connectivity index (χ1n) is 9.64. The van der Waals surface area contributed by atoms with Crippen LogP contribution in [0.25, 0.3) is 0 Å². The van der Waals surface area contributed by atoms with Crippen LogP contribution in [0.2, 0.25) is 0 Å². The third-order valence-electron chi connectivity index (χ3n) is 4.95. The third kappa shape index (κ3) is 5.07. The van der Waals surface area contributed by atoms with Crippen LogP contribution in [0, 0.1) is 12.7 Å². The molecular weight excluding hydrogens is 349 g/mol. The van der Waals surface area contributed by atoms with Crippen molar-refractivity contribution in [3.05, 3.63) is 101 Å². The number of hydrogen-bond donors (Lipinski definition) is 1. The van der Waals surface area contributed by atoms with Crippen LogP contribution in [0.3, 0.4) is 0 Å². The maximum Gasteiger partial charge on any atom is 0.165 e. The van der Waals surface area contributed by atoms with Crippen molar-refractivity contribution < 1.29 is 9.18 Å². The zero-order chi connectivity index (χ0) is 20.1. The molecule has 28 heavy (non-hydrogen) atoms. The molecule has 2 nitrogen and oxygen atoms in total. The Bertz CT molecular complexity index is 912. The summed E-state index contributed by atoms with van der Waals surface area (Å²) < 4.78 is 13.2. The molecular formula is C25H26FNO. The highest BCUT2D eigenvalue weighted by Gasteiger charge is 2.18. The molecule has 0 aromatic heterocycles. The van der Waals surface area contributed by atoms with E-state index in [4.69, 9.17) is 0 Å². The quantitative estimate of drug-likeness (QED) is 0.466. The highest BCUT2D eigenvalue weighted by Crippen LogP contribution is 2.26. The zero-order valence-corrected chi connectivity index (χ0v) is 16.6. The average Bonchev–Trinajstić information content (AvgIpc) is 2.69. The third-order valence-corrected chi connectivity index (χ3v) is 4.95. The average molecular weight is 375 g/mol. The molecule has 0 amide bonds. The maximum absolute atomic E-state index is 13.2. The summed E-state index contributed by atoms with van der Waals surface area (Å²) in [5.41, 5.74) is 4.91. The fraction of sp³-hybridized carbons (Fsp3) is 0.240. The molecule has 3 aromatic carbocycles. The van der Waals surface area contributed by atoms with Crippen molar-refractivity contribution in [1.29, 1.82) is 0 Å². The molecule has 0 saturated heterocycles. The lowest BCUT2D eigenvalue weighted by atomic mass is 9.94. The number of anilines is 1. The minimum Gasteiger partial charge on any atom is -0.378 e. The van der Waals surface area contributed by atoms with Gasteiger partial charge in [0.15, 0.2) is 5.78 Å². The van der Waals surface area contributed by atoms with Gasteiger partial charge < -0.3 is 5.32 Å². The van der Waals surface area contributed by atoms with Crippen LogP contribution in [-0.4, -0.2) is 5.78 Å². The lowest BCUT2D eigenvalue weighted by molar-refractivity contribution is 0.0976. The van der Waals surface area contributed by atoms with E-state index in [0.29, 0.717) is 17.9 Å². The Morgan fingerprint density at radius 2 is 1.43 bits per heavy atom. The lowest BCUT2D eigenvalue weighted by Crippen LogP contribution is -2.16. The van der Waals surface area contributed by atoms with Gasteiger partial charge in [0.1, 0.15) is 5.82 Å². The number of halogens is 1. The van der Waals surface area contributed by atoms with E-state index in [1.54, 1.807) is 12.1 Å². The Labute approximate surface area is 166 Å². The van der Waals surface area contributed by atoms with Gasteiger partial charge in [-0.1, -0.05) is 67.9 Å². The standard InChI is InChI=1S/C25H26FNO/c1-17(2)19-8-10-20(11-9-19)24(27-23-14-12-22(26)13-15-23)16-25(28)21-6-4-18(3)5-7-21/h4-15,17,24,27H,16H2,1-3H3. The number of rotatable bonds is 7. The van der Waals surface area contributed by atoms with Crippen LogP contribution >= 0.6 is 0 Å². The molecule has 0 spiro atoms. The van der Waals surface area contributed by atoms with Crippen molar-refractivity contribution in [3.63, 3.8) is 0 Å². The molecule has 0 saturated carbocycles. The van der Waals surface area contributed by atoms with Gasteiger partial charge in [-0.3, -0.25) is 4.79 Å². The number of ketones is 1. The van der Waals surface area contributed by atoms with Gasteiger partial charge in [-0.2, -0.15) is 0 Å². The van der Waals surface area contributed by atoms with Crippen molar-refractivity contribution in [2.24, 2.45) is 0 Å². The fourth-order valence-electron chi connectivity index (χ4n) is 3.16. The second-order valence-electron chi connectivity index (χ2n) is 7.52. The van der Waals surface area contributed by atoms with Crippen LogP contribution in [0.1, 0.15) is 59.3 Å². The number of carbonyl (C=O) groups excluding carboxylic acids is 1. The summed E-state index contributed by atoms with van der Waals surface area (Å²) in [4.78, 5) is 12.9. The Balaban J connectivity index is 1.85. The highest BCUT2D eigenvalue weighted by atomic mass is 19.1. The summed E-state index contributed by atoms with van der Waals surface area (Å²) >= 11 is 0. The van der Waals surface area contributed by atoms with Gasteiger partial charge in [-0.05, 0) is 48.2 Å². The van der Waals surface area contributed by atoms with E-state index in [-0.39, 0.29) is 17.6 Å². The minimum absolute atomic E-state index is 0.0764. The number of aryl methyl sites for hydroxylation is 1. The van der Waals surface area contributed by atoms with E-state index in [1.165, 1.54) is 17.7 Å². The first-order valence-corrected chi connectivity index (χ1v) is 9.64. The van der Waals surface area contributed by atoms with Crippen molar-refractivity contribution >= 4 is 11.5 Å². The largest absolute Gasteiger partial charge is 0.378 e. The Morgan fingerprint density at radius 3 is 2.00 bits per heavy atom. The van der Waals surface area contributed by atoms with Gasteiger partial charge in [0, 0.05) is 17.7 Å². The molecule has 3 heteroatoms. The van der Waals surface area contributed by atoms with Crippen LogP contribution in [0.15, 0.2) is 72.8 Å². The van der Waals surface area contributed by atoms with Gasteiger partial charge >= 0.3 is 0 Å². The number of carbonyl (C=O) groups is 1. The van der Waals surface area contributed by atoms with Gasteiger partial charge in [0.25, 0.3) is 0 Å². The van der Waals surface area contributed by atoms with Gasteiger partial charge in [-0.15, -0.1) is 0 Å². The first-order chi connectivity index (χ1) is 13.4. The molecule has 0 aliphatic carbocycles. The number of nitrogens with one attached hydrogen (secondary N) is 1. The minimum atomic E-state index is -0.279. The van der Waals surface area contributed by atoms with Crippen LogP contribution in [0.4, 0.5) is 10.1 Å². The Kier molecular flexibility index (Phi) is 6.25. The number of Topliss-reactive ketones (excluding diaryl/α,β-unsaturated/α-hetero) is 1. The molecule has 0 radical (unpaired) electrons. The molecule has 0 aliphatic heterocycles. The van der Waals surface area contributed by atoms with Gasteiger partial charge in [-0.25, -0.2) is 4.39 Å². The summed E-state index contributed by atoms with van der Waals surface area (Å²) in [5.74, 6) is 0.249. The number of benzene rings is 3. The lowest BCUT2D eigenvalue weighted by Gasteiger charge is -2.21. The molecule has 1 N–H and O–H groups in total. The van der Waals surface area contributed by atoms with Crippen molar-refractivity contribution in [2.45, 2.75) is 39.2 Å². The molecule has 0 fully saturated rings. The summed E-state index contributed by atoms with van der Waals surface area (Å²) in [6.45, 7) is 6.32. The molecule has 0 bridgehead atoms. The predicted molar refractivity (Wildman–Crippen MR) is 113 cm³/mol. The molecule has 144 valence electrons. The van der Waals surface area contributed by atoms with Crippen LogP contribution in [0.5, 0.6) is 0 Å². The Morgan fingerprint density at radius 1 is 0.857 bits per heavy atom. The first kappa shape index (κ1) is 19.8. The van der Waals surface area contributed by atoms with Crippen molar-refractivity contribution in [1.82, 2.24) is 0 Å². The van der Waals surface area contributed by atoms with Crippen molar-refractivity contribution in [2.75, 3.05) is 5.32 Å². The molecule has 3 aromatic rings. The molecule has 3 rings (SSSR count). The normalized spacial score (nSPS) is 12.0. The SMILES string of the molecule is Cc1ccc(C(=O)CC(Nc2ccc(F)cc2)c2ccc(C(C)C)cc2)cc1.